The SMILES string of the molecule is CCNCCCSc1nccc(=O)[nH]1. The summed E-state index contributed by atoms with van der Waals surface area (Å²) >= 11 is 1.58. The summed E-state index contributed by atoms with van der Waals surface area (Å²) < 4.78 is 0. The van der Waals surface area contributed by atoms with Gasteiger partial charge in [-0.05, 0) is 19.5 Å². The molecule has 0 spiro atoms. The van der Waals surface area contributed by atoms with Crippen molar-refractivity contribution in [1.29, 1.82) is 0 Å². The molecule has 0 radical (unpaired) electrons. The highest BCUT2D eigenvalue weighted by atomic mass is 32.2. The molecule has 4 nitrogen and oxygen atoms in total. The molecule has 1 aromatic heterocycles. The number of rotatable bonds is 6. The van der Waals surface area contributed by atoms with Gasteiger partial charge in [0.1, 0.15) is 0 Å². The Balaban J connectivity index is 2.21. The molecule has 0 amide bonds. The van der Waals surface area contributed by atoms with Crippen LogP contribution in [0.2, 0.25) is 0 Å². The van der Waals surface area contributed by atoms with Gasteiger partial charge >= 0.3 is 0 Å². The average molecular weight is 213 g/mol. The van der Waals surface area contributed by atoms with E-state index in [0.29, 0.717) is 5.16 Å². The highest BCUT2D eigenvalue weighted by molar-refractivity contribution is 7.99. The van der Waals surface area contributed by atoms with E-state index in [1.807, 2.05) is 0 Å². The Hall–Kier alpha value is -0.810. The van der Waals surface area contributed by atoms with Gasteiger partial charge in [0.15, 0.2) is 5.16 Å². The van der Waals surface area contributed by atoms with E-state index < -0.39 is 0 Å². The molecule has 1 rings (SSSR count). The maximum absolute atomic E-state index is 10.9. The Kier molecular flexibility index (Phi) is 5.32. The molecule has 1 heterocycles. The summed E-state index contributed by atoms with van der Waals surface area (Å²) in [4.78, 5) is 17.6. The fourth-order valence-electron chi connectivity index (χ4n) is 0.968. The van der Waals surface area contributed by atoms with E-state index in [1.54, 1.807) is 11.8 Å². The maximum Gasteiger partial charge on any atom is 0.251 e. The highest BCUT2D eigenvalue weighted by Gasteiger charge is 1.95. The standard InChI is InChI=1S/C9H15N3OS/c1-2-10-5-3-7-14-9-11-6-4-8(13)12-9/h4,6,10H,2-3,5,7H2,1H3,(H,11,12,13). The molecule has 1 aromatic rings. The average Bonchev–Trinajstić information content (AvgIpc) is 2.18. The molecule has 78 valence electrons. The zero-order chi connectivity index (χ0) is 10.2. The van der Waals surface area contributed by atoms with Gasteiger partial charge in [-0.2, -0.15) is 0 Å². The number of hydrogen-bond acceptors (Lipinski definition) is 4. The maximum atomic E-state index is 10.9. The first kappa shape index (κ1) is 11.3. The van der Waals surface area contributed by atoms with Gasteiger partial charge in [0.25, 0.3) is 5.56 Å². The summed E-state index contributed by atoms with van der Waals surface area (Å²) in [7, 11) is 0. The van der Waals surface area contributed by atoms with Gasteiger partial charge < -0.3 is 10.3 Å². The molecule has 2 N–H and O–H groups in total. The van der Waals surface area contributed by atoms with Crippen molar-refractivity contribution in [1.82, 2.24) is 15.3 Å². The van der Waals surface area contributed by atoms with Crippen molar-refractivity contribution < 1.29 is 0 Å². The van der Waals surface area contributed by atoms with Crippen LogP contribution in [0.25, 0.3) is 0 Å². The Morgan fingerprint density at radius 2 is 2.50 bits per heavy atom. The number of aromatic nitrogens is 2. The minimum Gasteiger partial charge on any atom is -0.317 e. The topological polar surface area (TPSA) is 57.8 Å². The number of nitrogens with zero attached hydrogens (tertiary/aromatic N) is 1. The summed E-state index contributed by atoms with van der Waals surface area (Å²) in [5.74, 6) is 0.972. The second-order valence-corrected chi connectivity index (χ2v) is 3.88. The fourth-order valence-corrected chi connectivity index (χ4v) is 1.76. The monoisotopic (exact) mass is 213 g/mol. The van der Waals surface area contributed by atoms with E-state index in [0.717, 1.165) is 25.3 Å². The van der Waals surface area contributed by atoms with Crippen LogP contribution < -0.4 is 10.9 Å². The van der Waals surface area contributed by atoms with Crippen LogP contribution in [0, 0.1) is 0 Å². The molecular weight excluding hydrogens is 198 g/mol. The summed E-state index contributed by atoms with van der Waals surface area (Å²) in [6.07, 6.45) is 2.61. The molecular formula is C9H15N3OS. The molecule has 0 bridgehead atoms. The summed E-state index contributed by atoms with van der Waals surface area (Å²) in [5, 5.41) is 3.94. The zero-order valence-corrected chi connectivity index (χ0v) is 9.06. The Morgan fingerprint density at radius 1 is 1.64 bits per heavy atom. The van der Waals surface area contributed by atoms with E-state index in [4.69, 9.17) is 0 Å². The van der Waals surface area contributed by atoms with Crippen LogP contribution in [0.15, 0.2) is 22.2 Å². The van der Waals surface area contributed by atoms with Gasteiger partial charge in [-0.3, -0.25) is 4.79 Å². The molecule has 0 unspecified atom stereocenters. The van der Waals surface area contributed by atoms with Crippen molar-refractivity contribution in [3.8, 4) is 0 Å². The number of nitrogens with one attached hydrogen (secondary N) is 2. The van der Waals surface area contributed by atoms with Gasteiger partial charge in [-0.15, -0.1) is 0 Å². The molecule has 0 aromatic carbocycles. The minimum atomic E-state index is -0.0887. The van der Waals surface area contributed by atoms with Crippen LogP contribution in [-0.2, 0) is 0 Å². The minimum absolute atomic E-state index is 0.0887. The molecule has 0 saturated heterocycles. The fraction of sp³-hybridized carbons (Fsp3) is 0.556. The predicted molar refractivity (Wildman–Crippen MR) is 58.7 cm³/mol. The molecule has 5 heteroatoms. The Morgan fingerprint density at radius 3 is 3.21 bits per heavy atom. The zero-order valence-electron chi connectivity index (χ0n) is 8.25. The lowest BCUT2D eigenvalue weighted by molar-refractivity contribution is 0.706. The molecule has 0 fully saturated rings. The quantitative estimate of drug-likeness (QED) is 0.418. The lowest BCUT2D eigenvalue weighted by Gasteiger charge is -2.00. The molecule has 0 aliphatic heterocycles. The molecule has 14 heavy (non-hydrogen) atoms. The number of thioether (sulfide) groups is 1. The van der Waals surface area contributed by atoms with Gasteiger partial charge in [-0.25, -0.2) is 4.98 Å². The first-order valence-corrected chi connectivity index (χ1v) is 5.70. The van der Waals surface area contributed by atoms with E-state index in [2.05, 4.69) is 22.2 Å². The summed E-state index contributed by atoms with van der Waals surface area (Å²) in [6, 6.07) is 1.42. The Labute approximate surface area is 87.5 Å². The van der Waals surface area contributed by atoms with Crippen molar-refractivity contribution in [2.75, 3.05) is 18.8 Å². The number of hydrogen-bond donors (Lipinski definition) is 2. The smallest absolute Gasteiger partial charge is 0.251 e. The third kappa shape index (κ3) is 4.43. The molecule has 0 aliphatic carbocycles. The van der Waals surface area contributed by atoms with Crippen LogP contribution in [0.1, 0.15) is 13.3 Å². The lowest BCUT2D eigenvalue weighted by atomic mass is 10.5. The van der Waals surface area contributed by atoms with Crippen molar-refractivity contribution in [3.63, 3.8) is 0 Å². The highest BCUT2D eigenvalue weighted by Crippen LogP contribution is 2.10. The first-order valence-electron chi connectivity index (χ1n) is 4.71. The predicted octanol–water partition coefficient (Wildman–Crippen LogP) is 0.862. The third-order valence-corrected chi connectivity index (χ3v) is 2.61. The summed E-state index contributed by atoms with van der Waals surface area (Å²) in [5.41, 5.74) is -0.0887. The molecule has 0 saturated carbocycles. The van der Waals surface area contributed by atoms with Crippen molar-refractivity contribution in [2.45, 2.75) is 18.5 Å². The van der Waals surface area contributed by atoms with Crippen LogP contribution in [0.5, 0.6) is 0 Å². The third-order valence-electron chi connectivity index (χ3n) is 1.63. The normalized spacial score (nSPS) is 10.4. The first-order chi connectivity index (χ1) is 6.83. The van der Waals surface area contributed by atoms with E-state index in [-0.39, 0.29) is 5.56 Å². The van der Waals surface area contributed by atoms with Crippen LogP contribution >= 0.6 is 11.8 Å². The Bertz CT molecular complexity index is 313. The van der Waals surface area contributed by atoms with E-state index in [9.17, 15) is 4.79 Å². The van der Waals surface area contributed by atoms with Crippen LogP contribution in [-0.4, -0.2) is 28.8 Å². The van der Waals surface area contributed by atoms with Gasteiger partial charge in [0, 0.05) is 18.0 Å². The van der Waals surface area contributed by atoms with Crippen molar-refractivity contribution in [2.24, 2.45) is 0 Å². The van der Waals surface area contributed by atoms with Crippen LogP contribution in [0.4, 0.5) is 0 Å². The van der Waals surface area contributed by atoms with Crippen LogP contribution in [0.3, 0.4) is 0 Å². The van der Waals surface area contributed by atoms with Gasteiger partial charge in [0.05, 0.1) is 0 Å². The van der Waals surface area contributed by atoms with Gasteiger partial charge in [0.2, 0.25) is 0 Å². The number of H-pyrrole nitrogens is 1. The summed E-state index contributed by atoms with van der Waals surface area (Å²) in [6.45, 7) is 4.11. The van der Waals surface area contributed by atoms with Crippen molar-refractivity contribution in [3.05, 3.63) is 22.6 Å². The molecule has 0 atom stereocenters. The van der Waals surface area contributed by atoms with E-state index >= 15 is 0 Å². The van der Waals surface area contributed by atoms with Crippen molar-refractivity contribution >= 4 is 11.8 Å². The second-order valence-electron chi connectivity index (χ2n) is 2.79. The second kappa shape index (κ2) is 6.62. The number of aromatic amines is 1. The van der Waals surface area contributed by atoms with E-state index in [1.165, 1.54) is 12.3 Å². The lowest BCUT2D eigenvalue weighted by Crippen LogP contribution is -2.14. The largest absolute Gasteiger partial charge is 0.317 e. The molecule has 0 aliphatic rings. The van der Waals surface area contributed by atoms with Gasteiger partial charge in [-0.1, -0.05) is 18.7 Å².